The zero-order valence-electron chi connectivity index (χ0n) is 13.6. The molecule has 4 heteroatoms. The van der Waals surface area contributed by atoms with Crippen molar-refractivity contribution in [2.24, 2.45) is 0 Å². The van der Waals surface area contributed by atoms with Gasteiger partial charge in [-0.2, -0.15) is 0 Å². The molecule has 0 saturated carbocycles. The zero-order valence-corrected chi connectivity index (χ0v) is 13.6. The van der Waals surface area contributed by atoms with Crippen LogP contribution in [0.15, 0.2) is 42.5 Å². The number of benzene rings is 2. The Morgan fingerprint density at radius 3 is 3.00 bits per heavy atom. The van der Waals surface area contributed by atoms with E-state index < -0.39 is 0 Å². The van der Waals surface area contributed by atoms with Gasteiger partial charge in [-0.25, -0.2) is 0 Å². The SMILES string of the molecule is O=C(COc1ccc2c(c1)CCC2)N[C@H]1CCOc2ccccc21. The van der Waals surface area contributed by atoms with Crippen LogP contribution in [0.25, 0.3) is 0 Å². The van der Waals surface area contributed by atoms with Gasteiger partial charge in [0.15, 0.2) is 6.61 Å². The first-order valence-electron chi connectivity index (χ1n) is 8.55. The summed E-state index contributed by atoms with van der Waals surface area (Å²) < 4.78 is 11.3. The Morgan fingerprint density at radius 1 is 1.17 bits per heavy atom. The van der Waals surface area contributed by atoms with E-state index in [1.807, 2.05) is 30.3 Å². The van der Waals surface area contributed by atoms with Crippen molar-refractivity contribution in [2.45, 2.75) is 31.7 Å². The summed E-state index contributed by atoms with van der Waals surface area (Å²) in [5.74, 6) is 1.53. The fourth-order valence-electron chi connectivity index (χ4n) is 3.51. The molecule has 4 rings (SSSR count). The Bertz CT molecular complexity index is 756. The molecule has 0 unspecified atom stereocenters. The van der Waals surface area contributed by atoms with Gasteiger partial charge in [-0.15, -0.1) is 0 Å². The first kappa shape index (κ1) is 15.1. The van der Waals surface area contributed by atoms with E-state index in [0.717, 1.165) is 36.3 Å². The summed E-state index contributed by atoms with van der Waals surface area (Å²) in [7, 11) is 0. The number of nitrogens with one attached hydrogen (secondary N) is 1. The van der Waals surface area contributed by atoms with Crippen molar-refractivity contribution < 1.29 is 14.3 Å². The second kappa shape index (κ2) is 6.56. The van der Waals surface area contributed by atoms with Crippen LogP contribution in [0.3, 0.4) is 0 Å². The third-order valence-electron chi connectivity index (χ3n) is 4.73. The summed E-state index contributed by atoms with van der Waals surface area (Å²) in [4.78, 5) is 12.3. The maximum atomic E-state index is 12.3. The Morgan fingerprint density at radius 2 is 2.04 bits per heavy atom. The second-order valence-corrected chi connectivity index (χ2v) is 6.37. The van der Waals surface area contributed by atoms with Crippen molar-refractivity contribution >= 4 is 5.91 Å². The topological polar surface area (TPSA) is 47.6 Å². The average molecular weight is 323 g/mol. The molecule has 1 amide bonds. The zero-order chi connectivity index (χ0) is 16.4. The molecule has 1 N–H and O–H groups in total. The average Bonchev–Trinajstić information content (AvgIpc) is 3.08. The maximum Gasteiger partial charge on any atom is 0.258 e. The van der Waals surface area contributed by atoms with Crippen LogP contribution in [-0.4, -0.2) is 19.1 Å². The molecule has 2 aromatic rings. The number of rotatable bonds is 4. The molecule has 1 heterocycles. The Balaban J connectivity index is 1.36. The summed E-state index contributed by atoms with van der Waals surface area (Å²) in [5.41, 5.74) is 3.80. The van der Waals surface area contributed by atoms with E-state index in [0.29, 0.717) is 6.61 Å². The van der Waals surface area contributed by atoms with Crippen LogP contribution in [0.4, 0.5) is 0 Å². The van der Waals surface area contributed by atoms with Crippen molar-refractivity contribution in [1.82, 2.24) is 5.32 Å². The van der Waals surface area contributed by atoms with Gasteiger partial charge in [0.25, 0.3) is 5.91 Å². The van der Waals surface area contributed by atoms with Crippen molar-refractivity contribution in [3.8, 4) is 11.5 Å². The molecule has 124 valence electrons. The summed E-state index contributed by atoms with van der Waals surface area (Å²) in [6.45, 7) is 0.659. The van der Waals surface area contributed by atoms with E-state index in [1.165, 1.54) is 17.5 Å². The molecule has 0 fully saturated rings. The molecule has 1 aliphatic carbocycles. The molecule has 1 aliphatic heterocycles. The minimum absolute atomic E-state index is 0.00827. The molecule has 4 nitrogen and oxygen atoms in total. The summed E-state index contributed by atoms with van der Waals surface area (Å²) >= 11 is 0. The van der Waals surface area contributed by atoms with Gasteiger partial charge >= 0.3 is 0 Å². The fourth-order valence-corrected chi connectivity index (χ4v) is 3.51. The number of hydrogen-bond acceptors (Lipinski definition) is 3. The van der Waals surface area contributed by atoms with Gasteiger partial charge in [0.1, 0.15) is 11.5 Å². The molecule has 0 aromatic heterocycles. The normalized spacial score (nSPS) is 18.2. The molecule has 2 aromatic carbocycles. The molecule has 2 aliphatic rings. The molecule has 0 spiro atoms. The quantitative estimate of drug-likeness (QED) is 0.940. The smallest absolute Gasteiger partial charge is 0.258 e. The van der Waals surface area contributed by atoms with Crippen LogP contribution < -0.4 is 14.8 Å². The van der Waals surface area contributed by atoms with E-state index >= 15 is 0 Å². The van der Waals surface area contributed by atoms with Gasteiger partial charge in [0.2, 0.25) is 0 Å². The van der Waals surface area contributed by atoms with Gasteiger partial charge in [0, 0.05) is 12.0 Å². The van der Waals surface area contributed by atoms with Crippen molar-refractivity contribution in [2.75, 3.05) is 13.2 Å². The molecule has 0 bridgehead atoms. The minimum Gasteiger partial charge on any atom is -0.493 e. The predicted molar refractivity (Wildman–Crippen MR) is 91.4 cm³/mol. The Hall–Kier alpha value is -2.49. The third kappa shape index (κ3) is 3.09. The van der Waals surface area contributed by atoms with E-state index in [9.17, 15) is 4.79 Å². The number of para-hydroxylation sites is 1. The number of fused-ring (bicyclic) bond motifs is 2. The monoisotopic (exact) mass is 323 g/mol. The highest BCUT2D eigenvalue weighted by molar-refractivity contribution is 5.78. The van der Waals surface area contributed by atoms with Gasteiger partial charge in [0.05, 0.1) is 12.6 Å². The lowest BCUT2D eigenvalue weighted by atomic mass is 10.0. The molecular weight excluding hydrogens is 302 g/mol. The van der Waals surface area contributed by atoms with Gasteiger partial charge < -0.3 is 14.8 Å². The van der Waals surface area contributed by atoms with Crippen LogP contribution in [0.5, 0.6) is 11.5 Å². The summed E-state index contributed by atoms with van der Waals surface area (Å²) in [6.07, 6.45) is 4.25. The van der Waals surface area contributed by atoms with Gasteiger partial charge in [-0.3, -0.25) is 4.79 Å². The largest absolute Gasteiger partial charge is 0.493 e. The molecule has 1 atom stereocenters. The van der Waals surface area contributed by atoms with Gasteiger partial charge in [-0.1, -0.05) is 24.3 Å². The molecule has 24 heavy (non-hydrogen) atoms. The van der Waals surface area contributed by atoms with E-state index in [1.54, 1.807) is 0 Å². The van der Waals surface area contributed by atoms with Crippen LogP contribution >= 0.6 is 0 Å². The maximum absolute atomic E-state index is 12.3. The third-order valence-corrected chi connectivity index (χ3v) is 4.73. The van der Waals surface area contributed by atoms with Crippen molar-refractivity contribution in [3.05, 3.63) is 59.2 Å². The fraction of sp³-hybridized carbons (Fsp3) is 0.350. The lowest BCUT2D eigenvalue weighted by molar-refractivity contribution is -0.124. The Kier molecular flexibility index (Phi) is 4.11. The highest BCUT2D eigenvalue weighted by Crippen LogP contribution is 2.31. The van der Waals surface area contributed by atoms with Crippen LogP contribution in [0.1, 0.15) is 35.6 Å². The van der Waals surface area contributed by atoms with Gasteiger partial charge in [-0.05, 0) is 48.6 Å². The first-order valence-corrected chi connectivity index (χ1v) is 8.55. The van der Waals surface area contributed by atoms with E-state index in [-0.39, 0.29) is 18.6 Å². The van der Waals surface area contributed by atoms with Crippen LogP contribution in [0, 0.1) is 0 Å². The number of amides is 1. The standard InChI is InChI=1S/C20H21NO3/c22-20(13-24-16-9-8-14-4-3-5-15(14)12-16)21-18-10-11-23-19-7-2-1-6-17(18)19/h1-2,6-9,12,18H,3-5,10-11,13H2,(H,21,22)/t18-/m0/s1. The number of aryl methyl sites for hydroxylation is 2. The number of carbonyl (C=O) groups excluding carboxylic acids is 1. The van der Waals surface area contributed by atoms with Crippen molar-refractivity contribution in [1.29, 1.82) is 0 Å². The van der Waals surface area contributed by atoms with Crippen LogP contribution in [0.2, 0.25) is 0 Å². The van der Waals surface area contributed by atoms with E-state index in [2.05, 4.69) is 17.4 Å². The number of ether oxygens (including phenoxy) is 2. The lowest BCUT2D eigenvalue weighted by Gasteiger charge is -2.26. The molecule has 0 saturated heterocycles. The second-order valence-electron chi connectivity index (χ2n) is 6.37. The first-order chi connectivity index (χ1) is 11.8. The predicted octanol–water partition coefficient (Wildman–Crippen LogP) is 3.19. The number of hydrogen-bond donors (Lipinski definition) is 1. The lowest BCUT2D eigenvalue weighted by Crippen LogP contribution is -2.35. The van der Waals surface area contributed by atoms with E-state index in [4.69, 9.17) is 9.47 Å². The summed E-state index contributed by atoms with van der Waals surface area (Å²) in [6, 6.07) is 14.0. The highest BCUT2D eigenvalue weighted by atomic mass is 16.5. The Labute approximate surface area is 141 Å². The van der Waals surface area contributed by atoms with Crippen LogP contribution in [-0.2, 0) is 17.6 Å². The van der Waals surface area contributed by atoms with Crippen molar-refractivity contribution in [3.63, 3.8) is 0 Å². The summed E-state index contributed by atoms with van der Waals surface area (Å²) in [5, 5.41) is 3.05. The highest BCUT2D eigenvalue weighted by Gasteiger charge is 2.22. The minimum atomic E-state index is -0.0998. The number of carbonyl (C=O) groups is 1. The molecular formula is C20H21NO3. The molecule has 0 radical (unpaired) electrons.